The molecule has 4 unspecified atom stereocenters. The van der Waals surface area contributed by atoms with E-state index in [1.165, 1.54) is 30.7 Å². The third-order valence-corrected chi connectivity index (χ3v) is 15.4. The maximum absolute atomic E-state index is 14.6. The van der Waals surface area contributed by atoms with Gasteiger partial charge in [-0.3, -0.25) is 4.79 Å². The normalized spacial score (nSPS) is 40.2. The van der Waals surface area contributed by atoms with Gasteiger partial charge in [-0.1, -0.05) is 47.5 Å². The fraction of sp³-hybridized carbons (Fsp3) is 0.500. The lowest BCUT2D eigenvalue weighted by atomic mass is 9.63. The van der Waals surface area contributed by atoms with Gasteiger partial charge in [-0.05, 0) is 93.9 Å². The summed E-state index contributed by atoms with van der Waals surface area (Å²) in [6, 6.07) is 16.2. The molecule has 8 rings (SSSR count). The molecule has 2 aromatic rings. The molecule has 0 heterocycles. The summed E-state index contributed by atoms with van der Waals surface area (Å²) in [4.78, 5) is 14.8. The highest BCUT2D eigenvalue weighted by atomic mass is 32.2. The Bertz CT molecular complexity index is 1430. The van der Waals surface area contributed by atoms with Crippen LogP contribution >= 0.6 is 0 Å². The first-order valence-corrected chi connectivity index (χ1v) is 16.5. The van der Waals surface area contributed by atoms with Crippen LogP contribution in [0, 0.1) is 34.5 Å². The molecule has 3 fully saturated rings. The fourth-order valence-electron chi connectivity index (χ4n) is 9.58. The van der Waals surface area contributed by atoms with E-state index in [0.29, 0.717) is 11.8 Å². The zero-order valence-electron chi connectivity index (χ0n) is 21.1. The first-order valence-electron chi connectivity index (χ1n) is 13.4. The number of benzene rings is 2. The van der Waals surface area contributed by atoms with E-state index < -0.39 is 41.0 Å². The van der Waals surface area contributed by atoms with Crippen LogP contribution < -0.4 is 0 Å². The van der Waals surface area contributed by atoms with E-state index in [1.807, 2.05) is 0 Å². The van der Waals surface area contributed by atoms with Gasteiger partial charge in [0, 0.05) is 0 Å². The Balaban J connectivity index is 1.54. The number of carbonyl (C=O) groups excluding carboxylic acids is 1. The van der Waals surface area contributed by atoms with Crippen LogP contribution in [0.2, 0.25) is 0 Å². The average molecular weight is 537 g/mol. The zero-order chi connectivity index (χ0) is 26.0. The molecule has 3 saturated carbocycles. The standard InChI is InChI=1S/C30H32O5S2/c1-29-24-20-14-18-13-19(15-20)17-21(16-18)25(24)30(2,28(29)31)27(37(34,35)23-11-7-4-8-12-23)26(29)36(32,33)22-9-5-3-6-10-22/h3-12,18-21,26-27H,13-17H2,1-2H3. The number of fused-ring (bicyclic) bond motifs is 2. The highest BCUT2D eigenvalue weighted by molar-refractivity contribution is 7.96. The van der Waals surface area contributed by atoms with Crippen LogP contribution in [-0.2, 0) is 24.5 Å². The van der Waals surface area contributed by atoms with Gasteiger partial charge >= 0.3 is 0 Å². The van der Waals surface area contributed by atoms with Crippen molar-refractivity contribution in [2.45, 2.75) is 66.2 Å². The van der Waals surface area contributed by atoms with Gasteiger partial charge in [0.05, 0.1) is 20.6 Å². The van der Waals surface area contributed by atoms with Crippen LogP contribution in [0.4, 0.5) is 0 Å². The number of ketones is 1. The van der Waals surface area contributed by atoms with E-state index in [2.05, 4.69) is 0 Å². The molecule has 194 valence electrons. The summed E-state index contributed by atoms with van der Waals surface area (Å²) < 4.78 is 58.0. The summed E-state index contributed by atoms with van der Waals surface area (Å²) in [5, 5.41) is -2.72. The van der Waals surface area contributed by atoms with Crippen molar-refractivity contribution >= 4 is 25.5 Å². The predicted molar refractivity (Wildman–Crippen MR) is 140 cm³/mol. The molecule has 0 amide bonds. The second-order valence-corrected chi connectivity index (χ2v) is 16.6. The molecule has 5 nitrogen and oxygen atoms in total. The van der Waals surface area contributed by atoms with E-state index >= 15 is 0 Å². The average Bonchev–Trinajstić information content (AvgIpc) is 3.05. The minimum Gasteiger partial charge on any atom is -0.298 e. The van der Waals surface area contributed by atoms with E-state index in [4.69, 9.17) is 0 Å². The summed E-state index contributed by atoms with van der Waals surface area (Å²) in [5.74, 6) is 1.27. The molecule has 0 spiro atoms. The van der Waals surface area contributed by atoms with Crippen molar-refractivity contribution in [3.05, 3.63) is 71.8 Å². The predicted octanol–water partition coefficient (Wildman–Crippen LogP) is 5.03. The number of rotatable bonds is 4. The number of Topliss-reactive ketones (excluding diaryl/α,β-unsaturated/α-hetero) is 1. The molecular formula is C30H32O5S2. The molecule has 4 atom stereocenters. The van der Waals surface area contributed by atoms with Crippen molar-refractivity contribution in [3.63, 3.8) is 0 Å². The number of hydrogen-bond acceptors (Lipinski definition) is 5. The summed E-state index contributed by atoms with van der Waals surface area (Å²) in [5.41, 5.74) is -0.706. The highest BCUT2D eigenvalue weighted by Crippen LogP contribution is 2.73. The summed E-state index contributed by atoms with van der Waals surface area (Å²) in [7, 11) is -8.33. The molecule has 6 aliphatic carbocycles. The Morgan fingerprint density at radius 1 is 0.595 bits per heavy atom. The van der Waals surface area contributed by atoms with Gasteiger partial charge in [-0.2, -0.15) is 0 Å². The minimum atomic E-state index is -4.17. The molecule has 0 saturated heterocycles. The third kappa shape index (κ3) is 2.82. The highest BCUT2D eigenvalue weighted by Gasteiger charge is 2.79. The first kappa shape index (κ1) is 23.8. The lowest BCUT2D eigenvalue weighted by molar-refractivity contribution is -0.128. The van der Waals surface area contributed by atoms with Crippen molar-refractivity contribution in [1.29, 1.82) is 0 Å². The second kappa shape index (κ2) is 7.44. The van der Waals surface area contributed by atoms with Crippen LogP contribution in [0.1, 0.15) is 46.0 Å². The SMILES string of the molecule is CC12C(=O)C(C)(C3=C1C1CC4CC(C1)CC3C4)C(S(=O)(=O)c1ccccc1)C2S(=O)(=O)c1ccccc1. The Morgan fingerprint density at radius 2 is 0.946 bits per heavy atom. The number of carbonyl (C=O) groups is 1. The minimum absolute atomic E-state index is 0.0834. The van der Waals surface area contributed by atoms with Crippen molar-refractivity contribution in [3.8, 4) is 0 Å². The van der Waals surface area contributed by atoms with Gasteiger partial charge < -0.3 is 0 Å². The molecule has 6 bridgehead atoms. The van der Waals surface area contributed by atoms with Crippen LogP contribution in [0.3, 0.4) is 0 Å². The molecule has 37 heavy (non-hydrogen) atoms. The molecule has 0 radical (unpaired) electrons. The molecule has 0 aliphatic heterocycles. The van der Waals surface area contributed by atoms with Crippen molar-refractivity contribution in [2.75, 3.05) is 0 Å². The van der Waals surface area contributed by atoms with Crippen molar-refractivity contribution < 1.29 is 21.6 Å². The molecule has 7 heteroatoms. The van der Waals surface area contributed by atoms with Gasteiger partial charge in [-0.15, -0.1) is 0 Å². The van der Waals surface area contributed by atoms with E-state index in [9.17, 15) is 21.6 Å². The lowest BCUT2D eigenvalue weighted by Crippen LogP contribution is -2.52. The Morgan fingerprint density at radius 3 is 1.30 bits per heavy atom. The molecule has 6 aliphatic rings. The first-order chi connectivity index (χ1) is 17.5. The van der Waals surface area contributed by atoms with E-state index in [1.54, 1.807) is 50.2 Å². The van der Waals surface area contributed by atoms with Gasteiger partial charge in [0.15, 0.2) is 25.5 Å². The Labute approximate surface area is 219 Å². The smallest absolute Gasteiger partial charge is 0.183 e. The number of sulfone groups is 2. The van der Waals surface area contributed by atoms with Crippen LogP contribution in [0.5, 0.6) is 0 Å². The summed E-state index contributed by atoms with van der Waals surface area (Å²) >= 11 is 0. The van der Waals surface area contributed by atoms with Crippen LogP contribution in [0.25, 0.3) is 0 Å². The summed E-state index contributed by atoms with van der Waals surface area (Å²) in [6.07, 6.45) is 5.14. The Kier molecular flexibility index (Phi) is 4.79. The van der Waals surface area contributed by atoms with Crippen LogP contribution in [0.15, 0.2) is 81.6 Å². The monoisotopic (exact) mass is 536 g/mol. The molecule has 0 aromatic heterocycles. The van der Waals surface area contributed by atoms with E-state index in [-0.39, 0.29) is 27.4 Å². The molecular weight excluding hydrogens is 504 g/mol. The summed E-state index contributed by atoms with van der Waals surface area (Å²) in [6.45, 7) is 3.54. The lowest BCUT2D eigenvalue weighted by Gasteiger charge is -2.43. The van der Waals surface area contributed by atoms with Crippen LogP contribution in [-0.4, -0.2) is 33.1 Å². The second-order valence-electron chi connectivity index (χ2n) is 12.4. The van der Waals surface area contributed by atoms with Gasteiger partial charge in [-0.25, -0.2) is 16.8 Å². The third-order valence-electron chi connectivity index (χ3n) is 10.5. The maximum Gasteiger partial charge on any atom is 0.183 e. The quantitative estimate of drug-likeness (QED) is 0.512. The fourth-order valence-corrected chi connectivity index (χ4v) is 15.0. The molecule has 2 aromatic carbocycles. The van der Waals surface area contributed by atoms with Crippen molar-refractivity contribution in [1.82, 2.24) is 0 Å². The van der Waals surface area contributed by atoms with E-state index in [0.717, 1.165) is 36.8 Å². The number of hydrogen-bond donors (Lipinski definition) is 0. The number of allylic oxidation sites excluding steroid dienone is 2. The largest absolute Gasteiger partial charge is 0.298 e. The zero-order valence-corrected chi connectivity index (χ0v) is 22.8. The van der Waals surface area contributed by atoms with Gasteiger partial charge in [0.1, 0.15) is 10.5 Å². The van der Waals surface area contributed by atoms with Crippen molar-refractivity contribution in [2.24, 2.45) is 34.5 Å². The van der Waals surface area contributed by atoms with Gasteiger partial charge in [0.25, 0.3) is 0 Å². The van der Waals surface area contributed by atoms with Gasteiger partial charge in [0.2, 0.25) is 0 Å². The Hall–Kier alpha value is -2.25. The maximum atomic E-state index is 14.6. The molecule has 0 N–H and O–H groups in total. The topological polar surface area (TPSA) is 85.3 Å².